The maximum absolute atomic E-state index is 5.63. The van der Waals surface area contributed by atoms with Crippen LogP contribution in [0.15, 0.2) is 18.2 Å². The van der Waals surface area contributed by atoms with E-state index in [9.17, 15) is 0 Å². The van der Waals surface area contributed by atoms with Gasteiger partial charge in [0.25, 0.3) is 0 Å². The van der Waals surface area contributed by atoms with Crippen molar-refractivity contribution in [3.63, 3.8) is 0 Å². The minimum absolute atomic E-state index is 0.282. The van der Waals surface area contributed by atoms with Crippen molar-refractivity contribution in [3.8, 4) is 11.5 Å². The average Bonchev–Trinajstić information content (AvgIpc) is 2.84. The Hall–Kier alpha value is -1.26. The lowest BCUT2D eigenvalue weighted by Gasteiger charge is -2.24. The van der Waals surface area contributed by atoms with E-state index in [-0.39, 0.29) is 6.04 Å². The summed E-state index contributed by atoms with van der Waals surface area (Å²) < 4.78 is 16.8. The van der Waals surface area contributed by atoms with Crippen LogP contribution < -0.4 is 14.8 Å². The Morgan fingerprint density at radius 1 is 1.16 bits per heavy atom. The van der Waals surface area contributed by atoms with Crippen LogP contribution in [0.3, 0.4) is 0 Å². The molecule has 1 fully saturated rings. The van der Waals surface area contributed by atoms with E-state index < -0.39 is 0 Å². The van der Waals surface area contributed by atoms with Crippen molar-refractivity contribution in [2.24, 2.45) is 0 Å². The zero-order valence-electron chi connectivity index (χ0n) is 11.5. The second kappa shape index (κ2) is 5.39. The van der Waals surface area contributed by atoms with Crippen molar-refractivity contribution in [2.75, 3.05) is 19.8 Å². The molecule has 3 rings (SSSR count). The van der Waals surface area contributed by atoms with Crippen LogP contribution in [-0.4, -0.2) is 32.0 Å². The topological polar surface area (TPSA) is 39.7 Å². The quantitative estimate of drug-likeness (QED) is 0.908. The number of benzene rings is 1. The Morgan fingerprint density at radius 2 is 1.95 bits per heavy atom. The predicted molar refractivity (Wildman–Crippen MR) is 72.8 cm³/mol. The van der Waals surface area contributed by atoms with Crippen LogP contribution >= 0.6 is 0 Å². The maximum Gasteiger partial charge on any atom is 0.161 e. The van der Waals surface area contributed by atoms with Crippen LogP contribution in [0.1, 0.15) is 31.9 Å². The lowest BCUT2D eigenvalue weighted by molar-refractivity contribution is 0.111. The molecule has 104 valence electrons. The van der Waals surface area contributed by atoms with Crippen LogP contribution in [0.5, 0.6) is 11.5 Å². The van der Waals surface area contributed by atoms with Crippen LogP contribution in [0.2, 0.25) is 0 Å². The molecule has 0 amide bonds. The molecular formula is C15H21NO3. The summed E-state index contributed by atoms with van der Waals surface area (Å²) in [5.41, 5.74) is 1.23. The number of nitrogens with one attached hydrogen (secondary N) is 1. The van der Waals surface area contributed by atoms with E-state index in [1.54, 1.807) is 0 Å². The normalized spacial score (nSPS) is 27.3. The molecular weight excluding hydrogens is 242 g/mol. The van der Waals surface area contributed by atoms with Crippen molar-refractivity contribution in [2.45, 2.75) is 38.5 Å². The van der Waals surface area contributed by atoms with Crippen molar-refractivity contribution in [1.29, 1.82) is 0 Å². The van der Waals surface area contributed by atoms with E-state index in [0.717, 1.165) is 24.5 Å². The van der Waals surface area contributed by atoms with Gasteiger partial charge in [0.05, 0.1) is 6.10 Å². The summed E-state index contributed by atoms with van der Waals surface area (Å²) in [5, 5.41) is 3.63. The third-order valence-electron chi connectivity index (χ3n) is 3.91. The molecule has 0 aliphatic carbocycles. The Bertz CT molecular complexity index is 449. The van der Waals surface area contributed by atoms with E-state index in [4.69, 9.17) is 14.2 Å². The zero-order valence-corrected chi connectivity index (χ0v) is 11.5. The smallest absolute Gasteiger partial charge is 0.161 e. The molecule has 3 unspecified atom stereocenters. The highest BCUT2D eigenvalue weighted by Crippen LogP contribution is 2.33. The Balaban J connectivity index is 1.70. The zero-order chi connectivity index (χ0) is 13.2. The van der Waals surface area contributed by atoms with E-state index in [1.165, 1.54) is 5.56 Å². The average molecular weight is 263 g/mol. The summed E-state index contributed by atoms with van der Waals surface area (Å²) in [5.74, 6) is 1.70. The fraction of sp³-hybridized carbons (Fsp3) is 0.600. The van der Waals surface area contributed by atoms with E-state index in [2.05, 4.69) is 31.3 Å². The summed E-state index contributed by atoms with van der Waals surface area (Å²) in [6.45, 7) is 6.42. The molecule has 1 aromatic carbocycles. The molecule has 1 N–H and O–H groups in total. The van der Waals surface area contributed by atoms with Gasteiger partial charge in [-0.05, 0) is 38.0 Å². The van der Waals surface area contributed by atoms with Gasteiger partial charge in [0.2, 0.25) is 0 Å². The first kappa shape index (κ1) is 12.8. The van der Waals surface area contributed by atoms with Crippen LogP contribution in [0.4, 0.5) is 0 Å². The highest BCUT2D eigenvalue weighted by atomic mass is 16.6. The minimum Gasteiger partial charge on any atom is -0.486 e. The number of ether oxygens (including phenoxy) is 3. The van der Waals surface area contributed by atoms with Crippen molar-refractivity contribution in [1.82, 2.24) is 5.32 Å². The molecule has 0 aromatic heterocycles. The molecule has 1 saturated heterocycles. The molecule has 1 aromatic rings. The molecule has 0 spiro atoms. The minimum atomic E-state index is 0.282. The largest absolute Gasteiger partial charge is 0.486 e. The van der Waals surface area contributed by atoms with Crippen LogP contribution in [0.25, 0.3) is 0 Å². The molecule has 4 nitrogen and oxygen atoms in total. The third kappa shape index (κ3) is 2.69. The van der Waals surface area contributed by atoms with Crippen molar-refractivity contribution >= 4 is 0 Å². The van der Waals surface area contributed by atoms with Gasteiger partial charge in [0, 0.05) is 18.7 Å². The molecule has 4 heteroatoms. The monoisotopic (exact) mass is 263 g/mol. The van der Waals surface area contributed by atoms with Gasteiger partial charge in [0.1, 0.15) is 13.2 Å². The first-order valence-corrected chi connectivity index (χ1v) is 7.01. The van der Waals surface area contributed by atoms with Crippen LogP contribution in [-0.2, 0) is 4.74 Å². The standard InChI is InChI=1S/C15H21NO3/c1-10(16-13-5-6-17-11(13)2)12-3-4-14-15(9-12)19-8-7-18-14/h3-4,9-11,13,16H,5-8H2,1-2H3. The molecule has 0 saturated carbocycles. The molecule has 2 heterocycles. The molecule has 3 atom stereocenters. The van der Waals surface area contributed by atoms with Gasteiger partial charge < -0.3 is 19.5 Å². The van der Waals surface area contributed by atoms with Gasteiger partial charge in [-0.2, -0.15) is 0 Å². The number of rotatable bonds is 3. The highest BCUT2D eigenvalue weighted by molar-refractivity contribution is 5.44. The predicted octanol–water partition coefficient (Wildman–Crippen LogP) is 2.29. The fourth-order valence-corrected chi connectivity index (χ4v) is 2.70. The molecule has 0 radical (unpaired) electrons. The van der Waals surface area contributed by atoms with E-state index >= 15 is 0 Å². The highest BCUT2D eigenvalue weighted by Gasteiger charge is 2.26. The number of hydrogen-bond donors (Lipinski definition) is 1. The van der Waals surface area contributed by atoms with E-state index in [1.807, 2.05) is 6.07 Å². The second-order valence-corrected chi connectivity index (χ2v) is 5.26. The van der Waals surface area contributed by atoms with Gasteiger partial charge in [-0.3, -0.25) is 0 Å². The lowest BCUT2D eigenvalue weighted by atomic mass is 10.0. The Kier molecular flexibility index (Phi) is 3.62. The first-order chi connectivity index (χ1) is 9.24. The lowest BCUT2D eigenvalue weighted by Crippen LogP contribution is -2.36. The molecule has 2 aliphatic heterocycles. The van der Waals surface area contributed by atoms with Crippen LogP contribution in [0, 0.1) is 0 Å². The summed E-state index contributed by atoms with van der Waals surface area (Å²) in [7, 11) is 0. The van der Waals surface area contributed by atoms with E-state index in [0.29, 0.717) is 25.4 Å². The summed E-state index contributed by atoms with van der Waals surface area (Å²) in [6.07, 6.45) is 1.37. The van der Waals surface area contributed by atoms with Gasteiger partial charge in [-0.25, -0.2) is 0 Å². The Labute approximate surface area is 114 Å². The molecule has 19 heavy (non-hydrogen) atoms. The van der Waals surface area contributed by atoms with Crippen molar-refractivity contribution in [3.05, 3.63) is 23.8 Å². The summed E-state index contributed by atoms with van der Waals surface area (Å²) >= 11 is 0. The first-order valence-electron chi connectivity index (χ1n) is 7.01. The van der Waals surface area contributed by atoms with Gasteiger partial charge in [0.15, 0.2) is 11.5 Å². The molecule has 2 aliphatic rings. The number of fused-ring (bicyclic) bond motifs is 1. The summed E-state index contributed by atoms with van der Waals surface area (Å²) in [4.78, 5) is 0. The maximum atomic E-state index is 5.63. The molecule has 0 bridgehead atoms. The second-order valence-electron chi connectivity index (χ2n) is 5.26. The van der Waals surface area contributed by atoms with Gasteiger partial charge in [-0.1, -0.05) is 6.07 Å². The van der Waals surface area contributed by atoms with Gasteiger partial charge in [-0.15, -0.1) is 0 Å². The third-order valence-corrected chi connectivity index (χ3v) is 3.91. The summed E-state index contributed by atoms with van der Waals surface area (Å²) in [6, 6.07) is 6.89. The van der Waals surface area contributed by atoms with Gasteiger partial charge >= 0.3 is 0 Å². The Morgan fingerprint density at radius 3 is 2.68 bits per heavy atom. The van der Waals surface area contributed by atoms with Crippen molar-refractivity contribution < 1.29 is 14.2 Å². The SMILES string of the molecule is CC(NC1CCOC1C)c1ccc2c(c1)OCCO2. The fourth-order valence-electron chi connectivity index (χ4n) is 2.70. The number of hydrogen-bond acceptors (Lipinski definition) is 4.